The van der Waals surface area contributed by atoms with Gasteiger partial charge in [-0.15, -0.1) is 0 Å². The van der Waals surface area contributed by atoms with Crippen LogP contribution in [-0.2, 0) is 9.53 Å². The summed E-state index contributed by atoms with van der Waals surface area (Å²) >= 11 is 0. The second-order valence-corrected chi connectivity index (χ2v) is 4.19. The summed E-state index contributed by atoms with van der Waals surface area (Å²) in [4.78, 5) is 12.6. The SMILES string of the molecule is CN1CC2CC(=O)COC2C(F)(F)C1. The van der Waals surface area contributed by atoms with E-state index in [4.69, 9.17) is 4.74 Å². The molecule has 80 valence electrons. The fraction of sp³-hybridized carbons (Fsp3) is 0.889. The number of carbonyl (C=O) groups excluding carboxylic acids is 1. The third-order valence-corrected chi connectivity index (χ3v) is 2.79. The lowest BCUT2D eigenvalue weighted by Gasteiger charge is -2.43. The van der Waals surface area contributed by atoms with Crippen LogP contribution in [-0.4, -0.2) is 49.5 Å². The number of piperidine rings is 1. The maximum atomic E-state index is 13.4. The van der Waals surface area contributed by atoms with Crippen molar-refractivity contribution in [1.82, 2.24) is 4.90 Å². The van der Waals surface area contributed by atoms with Gasteiger partial charge >= 0.3 is 0 Å². The first-order chi connectivity index (χ1) is 6.49. The molecule has 2 aliphatic rings. The number of carbonyl (C=O) groups is 1. The number of likely N-dealkylation sites (tertiary alicyclic amines) is 1. The molecule has 0 radical (unpaired) electrons. The minimum Gasteiger partial charge on any atom is -0.364 e. The molecule has 0 bridgehead atoms. The van der Waals surface area contributed by atoms with E-state index in [9.17, 15) is 13.6 Å². The Balaban J connectivity index is 2.15. The van der Waals surface area contributed by atoms with E-state index in [1.165, 1.54) is 0 Å². The van der Waals surface area contributed by atoms with Crippen LogP contribution >= 0.6 is 0 Å². The standard InChI is InChI=1S/C9H13F2NO2/c1-12-3-6-2-7(13)4-14-8(6)9(10,11)5-12/h6,8H,2-5H2,1H3. The topological polar surface area (TPSA) is 29.5 Å². The van der Waals surface area contributed by atoms with Crippen molar-refractivity contribution in [2.75, 3.05) is 26.7 Å². The van der Waals surface area contributed by atoms with E-state index in [1.807, 2.05) is 0 Å². The maximum Gasteiger partial charge on any atom is 0.286 e. The minimum absolute atomic E-state index is 0.0719. The van der Waals surface area contributed by atoms with Crippen molar-refractivity contribution >= 4 is 5.78 Å². The molecule has 0 spiro atoms. The lowest BCUT2D eigenvalue weighted by molar-refractivity contribution is -0.206. The molecule has 3 nitrogen and oxygen atoms in total. The molecule has 0 aromatic heterocycles. The molecule has 2 fully saturated rings. The number of ether oxygens (including phenoxy) is 1. The van der Waals surface area contributed by atoms with Gasteiger partial charge in [0.2, 0.25) is 0 Å². The Morgan fingerprint density at radius 2 is 2.29 bits per heavy atom. The fourth-order valence-corrected chi connectivity index (χ4v) is 2.32. The first kappa shape index (κ1) is 9.98. The van der Waals surface area contributed by atoms with E-state index >= 15 is 0 Å². The third-order valence-electron chi connectivity index (χ3n) is 2.79. The zero-order valence-corrected chi connectivity index (χ0v) is 8.00. The lowest BCUT2D eigenvalue weighted by atomic mass is 9.86. The predicted octanol–water partition coefficient (Wildman–Crippen LogP) is 0.541. The van der Waals surface area contributed by atoms with E-state index in [1.54, 1.807) is 11.9 Å². The van der Waals surface area contributed by atoms with E-state index in [0.29, 0.717) is 6.54 Å². The van der Waals surface area contributed by atoms with Gasteiger partial charge in [0.05, 0.1) is 6.54 Å². The summed E-state index contributed by atoms with van der Waals surface area (Å²) in [6.07, 6.45) is -0.832. The van der Waals surface area contributed by atoms with Crippen LogP contribution in [0.25, 0.3) is 0 Å². The molecule has 0 aliphatic carbocycles. The number of Topliss-reactive ketones (excluding diaryl/α,β-unsaturated/α-hetero) is 1. The van der Waals surface area contributed by atoms with Crippen LogP contribution in [0.4, 0.5) is 8.78 Å². The van der Waals surface area contributed by atoms with E-state index in [2.05, 4.69) is 0 Å². The number of nitrogens with zero attached hydrogens (tertiary/aromatic N) is 1. The molecule has 2 rings (SSSR count). The van der Waals surface area contributed by atoms with Crippen molar-refractivity contribution in [3.8, 4) is 0 Å². The maximum absolute atomic E-state index is 13.4. The summed E-state index contributed by atoms with van der Waals surface area (Å²) < 4.78 is 31.8. The monoisotopic (exact) mass is 205 g/mol. The molecule has 14 heavy (non-hydrogen) atoms. The van der Waals surface area contributed by atoms with Gasteiger partial charge in [-0.25, -0.2) is 8.78 Å². The van der Waals surface area contributed by atoms with Gasteiger partial charge in [-0.1, -0.05) is 0 Å². The van der Waals surface area contributed by atoms with E-state index < -0.39 is 12.0 Å². The Labute approximate surface area is 81.0 Å². The minimum atomic E-state index is -2.82. The Bertz CT molecular complexity index is 257. The van der Waals surface area contributed by atoms with Crippen LogP contribution in [0, 0.1) is 5.92 Å². The predicted molar refractivity (Wildman–Crippen MR) is 45.3 cm³/mol. The smallest absolute Gasteiger partial charge is 0.286 e. The van der Waals surface area contributed by atoms with Gasteiger partial charge < -0.3 is 9.64 Å². The molecule has 2 heterocycles. The molecule has 0 aromatic rings. The number of rotatable bonds is 0. The Hall–Kier alpha value is -0.550. The van der Waals surface area contributed by atoms with Crippen LogP contribution in [0.1, 0.15) is 6.42 Å². The summed E-state index contributed by atoms with van der Waals surface area (Å²) in [6.45, 7) is 0.0921. The van der Waals surface area contributed by atoms with E-state index in [0.717, 1.165) is 0 Å². The molecule has 0 saturated carbocycles. The largest absolute Gasteiger partial charge is 0.364 e. The molecule has 0 N–H and O–H groups in total. The number of ketones is 1. The molecule has 5 heteroatoms. The quantitative estimate of drug-likeness (QED) is 0.578. The van der Waals surface area contributed by atoms with E-state index in [-0.39, 0.29) is 31.3 Å². The Morgan fingerprint density at radius 1 is 1.57 bits per heavy atom. The van der Waals surface area contributed by atoms with Gasteiger partial charge in [0.1, 0.15) is 12.7 Å². The van der Waals surface area contributed by atoms with Gasteiger partial charge in [0, 0.05) is 18.9 Å². The highest BCUT2D eigenvalue weighted by Crippen LogP contribution is 2.36. The zero-order valence-electron chi connectivity index (χ0n) is 8.00. The summed E-state index contributed by atoms with van der Waals surface area (Å²) in [5.41, 5.74) is 0. The highest BCUT2D eigenvalue weighted by atomic mass is 19.3. The van der Waals surface area contributed by atoms with Crippen LogP contribution in [0.15, 0.2) is 0 Å². The third kappa shape index (κ3) is 1.66. The zero-order chi connectivity index (χ0) is 10.3. The summed E-state index contributed by atoms with van der Waals surface area (Å²) in [5, 5.41) is 0. The van der Waals surface area contributed by atoms with Crippen molar-refractivity contribution in [2.24, 2.45) is 5.92 Å². The molecule has 2 aliphatic heterocycles. The van der Waals surface area contributed by atoms with Crippen molar-refractivity contribution in [3.63, 3.8) is 0 Å². The van der Waals surface area contributed by atoms with Crippen molar-refractivity contribution in [3.05, 3.63) is 0 Å². The van der Waals surface area contributed by atoms with Crippen molar-refractivity contribution < 1.29 is 18.3 Å². The lowest BCUT2D eigenvalue weighted by Crippen LogP contribution is -2.59. The second kappa shape index (κ2) is 3.24. The van der Waals surface area contributed by atoms with Gasteiger partial charge in [0.25, 0.3) is 5.92 Å². The summed E-state index contributed by atoms with van der Waals surface area (Å²) in [6, 6.07) is 0. The van der Waals surface area contributed by atoms with Gasteiger partial charge in [0.15, 0.2) is 5.78 Å². The fourth-order valence-electron chi connectivity index (χ4n) is 2.32. The highest BCUT2D eigenvalue weighted by molar-refractivity contribution is 5.80. The van der Waals surface area contributed by atoms with Gasteiger partial charge in [-0.05, 0) is 7.05 Å². The van der Waals surface area contributed by atoms with Crippen molar-refractivity contribution in [1.29, 1.82) is 0 Å². The highest BCUT2D eigenvalue weighted by Gasteiger charge is 2.52. The van der Waals surface area contributed by atoms with Crippen LogP contribution in [0.3, 0.4) is 0 Å². The summed E-state index contributed by atoms with van der Waals surface area (Å²) in [7, 11) is 1.64. The first-order valence-electron chi connectivity index (χ1n) is 4.69. The molecular formula is C9H13F2NO2. The number of hydrogen-bond donors (Lipinski definition) is 0. The Morgan fingerprint density at radius 3 is 3.00 bits per heavy atom. The van der Waals surface area contributed by atoms with Gasteiger partial charge in [-0.3, -0.25) is 4.79 Å². The van der Waals surface area contributed by atoms with Gasteiger partial charge in [-0.2, -0.15) is 0 Å². The molecule has 2 unspecified atom stereocenters. The number of alkyl halides is 2. The normalized spacial score (nSPS) is 38.1. The Kier molecular flexibility index (Phi) is 2.31. The number of hydrogen-bond acceptors (Lipinski definition) is 3. The molecule has 2 saturated heterocycles. The first-order valence-corrected chi connectivity index (χ1v) is 4.69. The van der Waals surface area contributed by atoms with Crippen LogP contribution in [0.2, 0.25) is 0 Å². The summed E-state index contributed by atoms with van der Waals surface area (Å²) in [5.74, 6) is -3.24. The number of fused-ring (bicyclic) bond motifs is 1. The van der Waals surface area contributed by atoms with Crippen LogP contribution < -0.4 is 0 Å². The molecular weight excluding hydrogens is 192 g/mol. The second-order valence-electron chi connectivity index (χ2n) is 4.19. The average Bonchev–Trinajstić information content (AvgIpc) is 2.00. The van der Waals surface area contributed by atoms with Crippen LogP contribution in [0.5, 0.6) is 0 Å². The molecule has 2 atom stereocenters. The number of halogens is 2. The molecule has 0 amide bonds. The molecule has 0 aromatic carbocycles. The van der Waals surface area contributed by atoms with Crippen molar-refractivity contribution in [2.45, 2.75) is 18.4 Å². The average molecular weight is 205 g/mol.